The molecule has 3 aromatic rings. The zero-order valence-corrected chi connectivity index (χ0v) is 14.4. The zero-order valence-electron chi connectivity index (χ0n) is 11.3. The minimum atomic E-state index is -0.347. The summed E-state index contributed by atoms with van der Waals surface area (Å²) in [6, 6.07) is 8.76. The first-order valence-electron chi connectivity index (χ1n) is 6.28. The summed E-state index contributed by atoms with van der Waals surface area (Å²) in [5, 5.41) is 7.36. The summed E-state index contributed by atoms with van der Waals surface area (Å²) in [5.41, 5.74) is 1.92. The Bertz CT molecular complexity index is 897. The summed E-state index contributed by atoms with van der Waals surface area (Å²) in [6.45, 7) is 1.81. The van der Waals surface area contributed by atoms with Crippen molar-refractivity contribution in [2.24, 2.45) is 0 Å². The number of hydrogen-bond acceptors (Lipinski definition) is 3. The maximum atomic E-state index is 12.4. The minimum absolute atomic E-state index is 0.347. The van der Waals surface area contributed by atoms with Gasteiger partial charge in [0.05, 0.1) is 25.6 Å². The average molecular weight is 372 g/mol. The van der Waals surface area contributed by atoms with E-state index in [1.54, 1.807) is 24.3 Å². The van der Waals surface area contributed by atoms with Crippen LogP contribution in [-0.4, -0.2) is 10.2 Å². The topological polar surface area (TPSA) is 45.8 Å². The van der Waals surface area contributed by atoms with E-state index in [-0.39, 0.29) is 5.56 Å². The molecule has 2 aromatic heterocycles. The number of aromatic amines is 1. The van der Waals surface area contributed by atoms with Crippen LogP contribution in [0.5, 0.6) is 0 Å². The lowest BCUT2D eigenvalue weighted by molar-refractivity contribution is 0.953. The van der Waals surface area contributed by atoms with E-state index in [4.69, 9.17) is 34.8 Å². The van der Waals surface area contributed by atoms with Gasteiger partial charge in [0.25, 0.3) is 5.56 Å². The van der Waals surface area contributed by atoms with E-state index in [9.17, 15) is 4.79 Å². The molecule has 112 valence electrons. The van der Waals surface area contributed by atoms with Crippen molar-refractivity contribution in [1.29, 1.82) is 0 Å². The van der Waals surface area contributed by atoms with Crippen molar-refractivity contribution in [3.63, 3.8) is 0 Å². The summed E-state index contributed by atoms with van der Waals surface area (Å²) in [7, 11) is 0. The highest BCUT2D eigenvalue weighted by atomic mass is 35.5. The smallest absolute Gasteiger partial charge is 0.267 e. The predicted molar refractivity (Wildman–Crippen MR) is 93.4 cm³/mol. The lowest BCUT2D eigenvalue weighted by atomic mass is 9.99. The average Bonchev–Trinajstić information content (AvgIpc) is 2.88. The van der Waals surface area contributed by atoms with Crippen LogP contribution in [0.2, 0.25) is 14.4 Å². The molecule has 0 unspecified atom stereocenters. The molecular formula is C15H9Cl3N2OS. The number of aromatic nitrogens is 2. The van der Waals surface area contributed by atoms with Crippen molar-refractivity contribution in [1.82, 2.24) is 10.2 Å². The van der Waals surface area contributed by atoms with Crippen molar-refractivity contribution in [3.05, 3.63) is 60.8 Å². The molecule has 1 aromatic carbocycles. The van der Waals surface area contributed by atoms with Gasteiger partial charge < -0.3 is 0 Å². The van der Waals surface area contributed by atoms with Gasteiger partial charge in [-0.2, -0.15) is 5.10 Å². The third-order valence-electron chi connectivity index (χ3n) is 3.20. The molecule has 3 rings (SSSR count). The Morgan fingerprint density at radius 1 is 1.00 bits per heavy atom. The molecule has 0 saturated carbocycles. The molecule has 0 spiro atoms. The Kier molecular flexibility index (Phi) is 4.28. The highest BCUT2D eigenvalue weighted by Crippen LogP contribution is 2.41. The van der Waals surface area contributed by atoms with Crippen LogP contribution in [0.3, 0.4) is 0 Å². The lowest BCUT2D eigenvalue weighted by Gasteiger charge is -2.12. The number of rotatable bonds is 2. The monoisotopic (exact) mass is 370 g/mol. The fourth-order valence-corrected chi connectivity index (χ4v) is 4.00. The number of aryl methyl sites for hydroxylation is 1. The van der Waals surface area contributed by atoms with Gasteiger partial charge in [0.1, 0.15) is 0 Å². The van der Waals surface area contributed by atoms with E-state index < -0.39 is 0 Å². The van der Waals surface area contributed by atoms with Gasteiger partial charge in [0.15, 0.2) is 0 Å². The van der Waals surface area contributed by atoms with Crippen LogP contribution in [0.4, 0.5) is 0 Å². The summed E-state index contributed by atoms with van der Waals surface area (Å²) in [5.74, 6) is 0. The van der Waals surface area contributed by atoms with Crippen LogP contribution in [-0.2, 0) is 0 Å². The zero-order chi connectivity index (χ0) is 15.9. The van der Waals surface area contributed by atoms with Crippen LogP contribution >= 0.6 is 46.1 Å². The molecule has 2 heterocycles. The molecule has 0 fully saturated rings. The van der Waals surface area contributed by atoms with Gasteiger partial charge in [-0.15, -0.1) is 11.3 Å². The van der Waals surface area contributed by atoms with Crippen molar-refractivity contribution in [2.45, 2.75) is 6.92 Å². The number of hydrogen-bond donors (Lipinski definition) is 1. The summed E-state index contributed by atoms with van der Waals surface area (Å²) in [4.78, 5) is 13.3. The molecule has 0 bridgehead atoms. The third-order valence-corrected chi connectivity index (χ3v) is 5.07. The van der Waals surface area contributed by atoms with E-state index in [0.29, 0.717) is 36.8 Å². The molecule has 0 atom stereocenters. The van der Waals surface area contributed by atoms with Gasteiger partial charge >= 0.3 is 0 Å². The van der Waals surface area contributed by atoms with Crippen LogP contribution < -0.4 is 5.56 Å². The first-order valence-corrected chi connectivity index (χ1v) is 8.23. The Labute approximate surface area is 145 Å². The molecule has 7 heteroatoms. The first kappa shape index (κ1) is 15.6. The van der Waals surface area contributed by atoms with E-state index in [2.05, 4.69) is 10.2 Å². The SMILES string of the molecule is Cc1n[nH]c(=O)c(-c2c(Cl)cccc2Cl)c1-c1ccc(Cl)s1. The standard InChI is InChI=1S/C15H9Cl3N2OS/c1-7-12(10-5-6-11(18)22-10)14(15(21)20-19-7)13-8(16)3-2-4-9(13)17/h2-6H,1H3,(H,20,21). The van der Waals surface area contributed by atoms with Crippen molar-refractivity contribution < 1.29 is 0 Å². The van der Waals surface area contributed by atoms with Crippen molar-refractivity contribution >= 4 is 46.1 Å². The molecule has 0 saturated heterocycles. The van der Waals surface area contributed by atoms with E-state index in [1.165, 1.54) is 11.3 Å². The van der Waals surface area contributed by atoms with Crippen LogP contribution in [0, 0.1) is 6.92 Å². The summed E-state index contributed by atoms with van der Waals surface area (Å²) >= 11 is 19.9. The molecule has 22 heavy (non-hydrogen) atoms. The van der Waals surface area contributed by atoms with Gasteiger partial charge in [-0.3, -0.25) is 4.79 Å². The van der Waals surface area contributed by atoms with E-state index in [1.807, 2.05) is 13.0 Å². The maximum Gasteiger partial charge on any atom is 0.272 e. The normalized spacial score (nSPS) is 10.9. The Morgan fingerprint density at radius 3 is 2.27 bits per heavy atom. The highest BCUT2D eigenvalue weighted by Gasteiger charge is 2.21. The number of benzene rings is 1. The number of nitrogens with one attached hydrogen (secondary N) is 1. The number of halogens is 3. The molecule has 0 aliphatic carbocycles. The van der Waals surface area contributed by atoms with Crippen LogP contribution in [0.25, 0.3) is 21.6 Å². The van der Waals surface area contributed by atoms with Gasteiger partial charge in [-0.05, 0) is 31.2 Å². The molecule has 0 aliphatic rings. The third kappa shape index (κ3) is 2.68. The number of nitrogens with zero attached hydrogens (tertiary/aromatic N) is 1. The molecule has 0 amide bonds. The fraction of sp³-hybridized carbons (Fsp3) is 0.0667. The summed E-state index contributed by atoms with van der Waals surface area (Å²) in [6.07, 6.45) is 0. The van der Waals surface area contributed by atoms with Crippen molar-refractivity contribution in [3.8, 4) is 21.6 Å². The van der Waals surface area contributed by atoms with Gasteiger partial charge in [-0.1, -0.05) is 40.9 Å². The van der Waals surface area contributed by atoms with Gasteiger partial charge in [0, 0.05) is 16.0 Å². The van der Waals surface area contributed by atoms with Gasteiger partial charge in [0.2, 0.25) is 0 Å². The molecule has 0 radical (unpaired) electrons. The van der Waals surface area contributed by atoms with E-state index in [0.717, 1.165) is 4.88 Å². The van der Waals surface area contributed by atoms with Gasteiger partial charge in [-0.25, -0.2) is 5.10 Å². The second-order valence-electron chi connectivity index (χ2n) is 4.59. The Morgan fingerprint density at radius 2 is 1.68 bits per heavy atom. The second kappa shape index (κ2) is 6.05. The fourth-order valence-electron chi connectivity index (χ4n) is 2.27. The van der Waals surface area contributed by atoms with Crippen LogP contribution in [0.15, 0.2) is 35.1 Å². The van der Waals surface area contributed by atoms with Crippen LogP contribution in [0.1, 0.15) is 5.69 Å². The summed E-state index contributed by atoms with van der Waals surface area (Å²) < 4.78 is 0.630. The van der Waals surface area contributed by atoms with E-state index >= 15 is 0 Å². The molecular weight excluding hydrogens is 363 g/mol. The molecule has 3 nitrogen and oxygen atoms in total. The highest BCUT2D eigenvalue weighted by molar-refractivity contribution is 7.19. The maximum absolute atomic E-state index is 12.4. The first-order chi connectivity index (χ1) is 10.5. The second-order valence-corrected chi connectivity index (χ2v) is 7.12. The van der Waals surface area contributed by atoms with Crippen molar-refractivity contribution in [2.75, 3.05) is 0 Å². The molecule has 0 aliphatic heterocycles. The largest absolute Gasteiger partial charge is 0.272 e. The molecule has 1 N–H and O–H groups in total. The lowest BCUT2D eigenvalue weighted by Crippen LogP contribution is -2.14. The minimum Gasteiger partial charge on any atom is -0.267 e. The Balaban J connectivity index is 2.42. The number of thiophene rings is 1. The predicted octanol–water partition coefficient (Wildman–Crippen LogP) is 5.43. The Hall–Kier alpha value is -1.33. The quantitative estimate of drug-likeness (QED) is 0.652. The number of H-pyrrole nitrogens is 1.